The van der Waals surface area contributed by atoms with Crippen molar-refractivity contribution in [2.24, 2.45) is 23.7 Å². The van der Waals surface area contributed by atoms with Crippen molar-refractivity contribution in [3.63, 3.8) is 0 Å². The first-order valence-corrected chi connectivity index (χ1v) is 10.3. The highest BCUT2D eigenvalue weighted by Gasteiger charge is 2.35. The van der Waals surface area contributed by atoms with Gasteiger partial charge in [-0.3, -0.25) is 4.57 Å². The first kappa shape index (κ1) is 21.9. The smallest absolute Gasteiger partial charge is 0.304 e. The van der Waals surface area contributed by atoms with E-state index >= 15 is 0 Å². The fraction of sp³-hybridized carbons (Fsp3) is 0.889. The molecule has 0 fully saturated rings. The minimum atomic E-state index is -3.15. The zero-order valence-electron chi connectivity index (χ0n) is 16.0. The van der Waals surface area contributed by atoms with Crippen LogP contribution in [-0.2, 0) is 13.6 Å². The van der Waals surface area contributed by atoms with Gasteiger partial charge in [-0.2, -0.15) is 0 Å². The Morgan fingerprint density at radius 2 is 1.09 bits per heavy atom. The molecule has 0 aromatic rings. The average molecular weight is 332 g/mol. The lowest BCUT2D eigenvalue weighted by molar-refractivity contribution is 0.0376. The second-order valence-electron chi connectivity index (χ2n) is 7.48. The highest BCUT2D eigenvalue weighted by atomic mass is 31.2. The second kappa shape index (κ2) is 9.90. The largest absolute Gasteiger partial charge is 0.334 e. The van der Waals surface area contributed by atoms with Crippen LogP contribution in [0.15, 0.2) is 12.2 Å². The van der Waals surface area contributed by atoms with Crippen molar-refractivity contribution in [2.45, 2.75) is 74.5 Å². The number of allylic oxidation sites excluding steroid dienone is 2. The summed E-state index contributed by atoms with van der Waals surface area (Å²) in [6.45, 7) is 18.8. The fourth-order valence-electron chi connectivity index (χ4n) is 2.74. The maximum atomic E-state index is 13.3. The van der Waals surface area contributed by atoms with Gasteiger partial charge in [-0.1, -0.05) is 67.5 Å². The Morgan fingerprint density at radius 1 is 0.773 bits per heavy atom. The van der Waals surface area contributed by atoms with Crippen molar-refractivity contribution < 1.29 is 13.6 Å². The van der Waals surface area contributed by atoms with E-state index in [1.165, 1.54) is 0 Å². The molecule has 0 aromatic heterocycles. The van der Waals surface area contributed by atoms with Gasteiger partial charge < -0.3 is 9.05 Å². The van der Waals surface area contributed by atoms with Gasteiger partial charge in [0.05, 0.1) is 18.4 Å². The van der Waals surface area contributed by atoms with E-state index in [4.69, 9.17) is 9.05 Å². The first-order chi connectivity index (χ1) is 10.0. The van der Waals surface area contributed by atoms with E-state index in [0.29, 0.717) is 29.8 Å². The van der Waals surface area contributed by atoms with Crippen LogP contribution < -0.4 is 0 Å². The molecule has 0 saturated carbocycles. The Balaban J connectivity index is 5.33. The van der Waals surface area contributed by atoms with Crippen molar-refractivity contribution in [3.8, 4) is 0 Å². The molecular formula is C18H37O3P. The zero-order valence-corrected chi connectivity index (χ0v) is 16.9. The molecule has 3 nitrogen and oxygen atoms in total. The summed E-state index contributed by atoms with van der Waals surface area (Å²) in [5.41, 5.74) is 0. The Hall–Kier alpha value is -0.110. The van der Waals surface area contributed by atoms with Gasteiger partial charge in [0.15, 0.2) is 0 Å². The van der Waals surface area contributed by atoms with Crippen LogP contribution in [0.2, 0.25) is 0 Å². The number of hydrogen-bond donors (Lipinski definition) is 0. The molecular weight excluding hydrogens is 295 g/mol. The minimum Gasteiger partial charge on any atom is -0.304 e. The number of rotatable bonds is 10. The molecule has 0 aliphatic heterocycles. The van der Waals surface area contributed by atoms with Crippen LogP contribution in [0.3, 0.4) is 0 Å². The number of hydrogen-bond acceptors (Lipinski definition) is 3. The predicted octanol–water partition coefficient (Wildman–Crippen LogP) is 6.15. The Morgan fingerprint density at radius 3 is 1.32 bits per heavy atom. The van der Waals surface area contributed by atoms with E-state index in [1.807, 2.05) is 19.1 Å². The van der Waals surface area contributed by atoms with Gasteiger partial charge in [-0.05, 0) is 30.6 Å². The maximum absolute atomic E-state index is 13.3. The van der Waals surface area contributed by atoms with E-state index in [9.17, 15) is 4.57 Å². The van der Waals surface area contributed by atoms with Gasteiger partial charge in [-0.15, -0.1) is 0 Å². The van der Waals surface area contributed by atoms with Gasteiger partial charge in [0.2, 0.25) is 0 Å². The molecule has 0 bridgehead atoms. The summed E-state index contributed by atoms with van der Waals surface area (Å²) in [5, 5.41) is 0. The van der Waals surface area contributed by atoms with Crippen LogP contribution in [0, 0.1) is 23.7 Å². The maximum Gasteiger partial charge on any atom is 0.334 e. The average Bonchev–Trinajstić information content (AvgIpc) is 2.39. The third-order valence-corrected chi connectivity index (χ3v) is 5.54. The van der Waals surface area contributed by atoms with E-state index in [1.54, 1.807) is 0 Å². The van der Waals surface area contributed by atoms with Gasteiger partial charge in [0, 0.05) is 0 Å². The van der Waals surface area contributed by atoms with Gasteiger partial charge in [-0.25, -0.2) is 0 Å². The van der Waals surface area contributed by atoms with Crippen molar-refractivity contribution >= 4 is 7.60 Å². The molecule has 22 heavy (non-hydrogen) atoms. The van der Waals surface area contributed by atoms with Crippen molar-refractivity contribution in [3.05, 3.63) is 12.2 Å². The monoisotopic (exact) mass is 332 g/mol. The normalized spacial score (nSPS) is 14.0. The van der Waals surface area contributed by atoms with Crippen LogP contribution in [0.1, 0.15) is 62.3 Å². The molecule has 0 radical (unpaired) electrons. The van der Waals surface area contributed by atoms with Crippen LogP contribution in [0.4, 0.5) is 0 Å². The van der Waals surface area contributed by atoms with Crippen LogP contribution in [0.5, 0.6) is 0 Å². The Labute approximate surface area is 138 Å². The molecule has 132 valence electrons. The molecule has 0 heterocycles. The highest BCUT2D eigenvalue weighted by molar-refractivity contribution is 7.54. The Bertz CT molecular complexity index is 331. The predicted molar refractivity (Wildman–Crippen MR) is 96.4 cm³/mol. The lowest BCUT2D eigenvalue weighted by Gasteiger charge is -2.34. The van der Waals surface area contributed by atoms with E-state index in [0.717, 1.165) is 0 Å². The zero-order chi connectivity index (χ0) is 17.5. The summed E-state index contributed by atoms with van der Waals surface area (Å²) in [4.78, 5) is 0. The van der Waals surface area contributed by atoms with Crippen molar-refractivity contribution in [1.29, 1.82) is 0 Å². The topological polar surface area (TPSA) is 35.5 Å². The molecule has 0 aliphatic rings. The van der Waals surface area contributed by atoms with E-state index in [-0.39, 0.29) is 12.2 Å². The standard InChI is InChI=1S/C18H37O3P/c1-10-11-12-22(19,20-17(13(2)3)14(4)5)21-18(15(6)7)16(8)9/h10-11,13-18H,12H2,1-9H3/b11-10+. The summed E-state index contributed by atoms with van der Waals surface area (Å²) in [6, 6.07) is 0. The van der Waals surface area contributed by atoms with Gasteiger partial charge >= 0.3 is 7.60 Å². The molecule has 4 heteroatoms. The molecule has 0 amide bonds. The summed E-state index contributed by atoms with van der Waals surface area (Å²) in [5.74, 6) is 1.22. The van der Waals surface area contributed by atoms with Gasteiger partial charge in [0.1, 0.15) is 0 Å². The molecule has 0 unspecified atom stereocenters. The molecule has 0 rings (SSSR count). The SMILES string of the molecule is C/C=C/CP(=O)(OC(C(C)C)C(C)C)OC(C(C)C)C(C)C. The van der Waals surface area contributed by atoms with Crippen LogP contribution >= 0.6 is 7.60 Å². The molecule has 0 aromatic carbocycles. The van der Waals surface area contributed by atoms with Crippen LogP contribution in [0.25, 0.3) is 0 Å². The fourth-order valence-corrected chi connectivity index (χ4v) is 5.15. The third kappa shape index (κ3) is 7.44. The van der Waals surface area contributed by atoms with Crippen molar-refractivity contribution in [2.75, 3.05) is 6.16 Å². The molecule has 0 N–H and O–H groups in total. The minimum absolute atomic E-state index is 0.0592. The third-order valence-electron chi connectivity index (χ3n) is 3.76. The van der Waals surface area contributed by atoms with Crippen LogP contribution in [-0.4, -0.2) is 18.4 Å². The first-order valence-electron chi connectivity index (χ1n) is 8.61. The Kier molecular flexibility index (Phi) is 9.85. The van der Waals surface area contributed by atoms with Gasteiger partial charge in [0.25, 0.3) is 0 Å². The highest BCUT2D eigenvalue weighted by Crippen LogP contribution is 2.53. The molecule has 0 aliphatic carbocycles. The molecule has 0 saturated heterocycles. The lowest BCUT2D eigenvalue weighted by Crippen LogP contribution is -2.29. The van der Waals surface area contributed by atoms with E-state index < -0.39 is 7.60 Å². The summed E-state index contributed by atoms with van der Waals surface area (Å²) in [6.07, 6.45) is 4.01. The van der Waals surface area contributed by atoms with E-state index in [2.05, 4.69) is 55.4 Å². The molecule has 0 atom stereocenters. The quantitative estimate of drug-likeness (QED) is 0.355. The second-order valence-corrected chi connectivity index (χ2v) is 9.49. The lowest BCUT2D eigenvalue weighted by atomic mass is 9.97. The van der Waals surface area contributed by atoms with Crippen molar-refractivity contribution in [1.82, 2.24) is 0 Å². The summed E-state index contributed by atoms with van der Waals surface area (Å²) >= 11 is 0. The summed E-state index contributed by atoms with van der Waals surface area (Å²) in [7, 11) is -3.15. The summed E-state index contributed by atoms with van der Waals surface area (Å²) < 4.78 is 25.5. The molecule has 0 spiro atoms.